The van der Waals surface area contributed by atoms with E-state index in [0.29, 0.717) is 0 Å². The molecule has 0 bridgehead atoms. The Morgan fingerprint density at radius 2 is 2.24 bits per heavy atom. The number of esters is 1. The molecule has 0 unspecified atom stereocenters. The SMILES string of the molecule is COC(=O)c1ccnc(Nc2ccc(C#N)cc2F)c1N. The van der Waals surface area contributed by atoms with E-state index in [9.17, 15) is 9.18 Å². The number of nitrogens with zero attached hydrogens (tertiary/aromatic N) is 2. The number of nitriles is 1. The van der Waals surface area contributed by atoms with Crippen LogP contribution in [0.2, 0.25) is 0 Å². The lowest BCUT2D eigenvalue weighted by molar-refractivity contribution is 0.0602. The Balaban J connectivity index is 2.37. The summed E-state index contributed by atoms with van der Waals surface area (Å²) < 4.78 is 18.4. The van der Waals surface area contributed by atoms with Crippen LogP contribution in [0, 0.1) is 17.1 Å². The second-order valence-electron chi connectivity index (χ2n) is 4.04. The third-order valence-corrected chi connectivity index (χ3v) is 2.75. The summed E-state index contributed by atoms with van der Waals surface area (Å²) in [6.07, 6.45) is 1.35. The van der Waals surface area contributed by atoms with Gasteiger partial charge in [-0.15, -0.1) is 0 Å². The summed E-state index contributed by atoms with van der Waals surface area (Å²) in [5.74, 6) is -1.11. The van der Waals surface area contributed by atoms with Gasteiger partial charge in [0.1, 0.15) is 5.82 Å². The summed E-state index contributed by atoms with van der Waals surface area (Å²) in [4.78, 5) is 15.5. The van der Waals surface area contributed by atoms with Crippen LogP contribution in [0.25, 0.3) is 0 Å². The second-order valence-corrected chi connectivity index (χ2v) is 4.04. The highest BCUT2D eigenvalue weighted by molar-refractivity contribution is 5.97. The largest absolute Gasteiger partial charge is 0.465 e. The van der Waals surface area contributed by atoms with E-state index in [0.717, 1.165) is 6.07 Å². The first-order valence-electron chi connectivity index (χ1n) is 5.86. The molecule has 0 aliphatic rings. The molecule has 0 radical (unpaired) electrons. The standard InChI is InChI=1S/C14H11FN4O2/c1-21-14(20)9-4-5-18-13(12(9)17)19-11-3-2-8(7-16)6-10(11)15/h2-6H,17H2,1H3,(H,18,19). The van der Waals surface area contributed by atoms with Crippen molar-refractivity contribution in [2.45, 2.75) is 0 Å². The molecule has 7 heteroatoms. The zero-order chi connectivity index (χ0) is 15.4. The van der Waals surface area contributed by atoms with E-state index in [1.54, 1.807) is 0 Å². The molecule has 1 aromatic carbocycles. The summed E-state index contributed by atoms with van der Waals surface area (Å²) in [5.41, 5.74) is 6.28. The number of benzene rings is 1. The quantitative estimate of drug-likeness (QED) is 0.839. The van der Waals surface area contributed by atoms with Crippen LogP contribution in [-0.2, 0) is 4.74 Å². The molecule has 0 atom stereocenters. The monoisotopic (exact) mass is 286 g/mol. The first kappa shape index (κ1) is 14.3. The predicted octanol–water partition coefficient (Wildman–Crippen LogP) is 2.20. The number of hydrogen-bond acceptors (Lipinski definition) is 6. The molecule has 1 heterocycles. The van der Waals surface area contributed by atoms with Crippen LogP contribution in [0.1, 0.15) is 15.9 Å². The van der Waals surface area contributed by atoms with Crippen molar-refractivity contribution >= 4 is 23.2 Å². The maximum Gasteiger partial charge on any atom is 0.340 e. The Bertz CT molecular complexity index is 740. The first-order chi connectivity index (χ1) is 10.1. The summed E-state index contributed by atoms with van der Waals surface area (Å²) >= 11 is 0. The molecule has 0 aliphatic carbocycles. The molecule has 6 nitrogen and oxygen atoms in total. The van der Waals surface area contributed by atoms with E-state index in [1.165, 1.54) is 31.5 Å². The van der Waals surface area contributed by atoms with Crippen LogP contribution in [-0.4, -0.2) is 18.1 Å². The molecule has 0 fully saturated rings. The molecule has 1 aromatic heterocycles. The molecule has 2 aromatic rings. The second kappa shape index (κ2) is 5.88. The highest BCUT2D eigenvalue weighted by Crippen LogP contribution is 2.26. The van der Waals surface area contributed by atoms with Gasteiger partial charge in [-0.25, -0.2) is 14.2 Å². The highest BCUT2D eigenvalue weighted by Gasteiger charge is 2.15. The summed E-state index contributed by atoms with van der Waals surface area (Å²) in [5, 5.41) is 11.4. The number of nitrogens with one attached hydrogen (secondary N) is 1. The number of carbonyl (C=O) groups excluding carboxylic acids is 1. The Hall–Kier alpha value is -3.14. The number of anilines is 3. The average molecular weight is 286 g/mol. The van der Waals surface area contributed by atoms with Crippen molar-refractivity contribution in [3.63, 3.8) is 0 Å². The molecule has 106 valence electrons. The predicted molar refractivity (Wildman–Crippen MR) is 74.4 cm³/mol. The molecule has 0 spiro atoms. The fourth-order valence-corrected chi connectivity index (χ4v) is 1.67. The van der Waals surface area contributed by atoms with E-state index in [1.807, 2.05) is 6.07 Å². The van der Waals surface area contributed by atoms with Gasteiger partial charge < -0.3 is 15.8 Å². The van der Waals surface area contributed by atoms with Crippen LogP contribution < -0.4 is 11.1 Å². The molecule has 0 amide bonds. The van der Waals surface area contributed by atoms with Crippen molar-refractivity contribution in [1.29, 1.82) is 5.26 Å². The summed E-state index contributed by atoms with van der Waals surface area (Å²) in [6, 6.07) is 7.16. The lowest BCUT2D eigenvalue weighted by Crippen LogP contribution is -2.09. The molecule has 0 saturated heterocycles. The summed E-state index contributed by atoms with van der Waals surface area (Å²) in [7, 11) is 1.23. The smallest absolute Gasteiger partial charge is 0.340 e. The Kier molecular flexibility index (Phi) is 4.00. The number of hydrogen-bond donors (Lipinski definition) is 2. The van der Waals surface area contributed by atoms with Gasteiger partial charge in [-0.2, -0.15) is 5.26 Å². The first-order valence-corrected chi connectivity index (χ1v) is 5.86. The van der Waals surface area contributed by atoms with E-state index in [-0.39, 0.29) is 28.3 Å². The van der Waals surface area contributed by atoms with E-state index in [4.69, 9.17) is 11.0 Å². The fraction of sp³-hybridized carbons (Fsp3) is 0.0714. The van der Waals surface area contributed by atoms with Gasteiger partial charge in [0.05, 0.1) is 35.7 Å². The van der Waals surface area contributed by atoms with E-state index >= 15 is 0 Å². The number of nitrogen functional groups attached to an aromatic ring is 1. The maximum atomic E-state index is 13.8. The average Bonchev–Trinajstić information content (AvgIpc) is 2.50. The molecular weight excluding hydrogens is 275 g/mol. The Morgan fingerprint density at radius 1 is 1.48 bits per heavy atom. The number of rotatable bonds is 3. The van der Waals surface area contributed by atoms with Crippen molar-refractivity contribution < 1.29 is 13.9 Å². The van der Waals surface area contributed by atoms with Crippen LogP contribution in [0.15, 0.2) is 30.5 Å². The van der Waals surface area contributed by atoms with Crippen LogP contribution in [0.3, 0.4) is 0 Å². The van der Waals surface area contributed by atoms with Gasteiger partial charge >= 0.3 is 5.97 Å². The number of methoxy groups -OCH3 is 1. The van der Waals surface area contributed by atoms with Gasteiger partial charge in [-0.1, -0.05) is 0 Å². The maximum absolute atomic E-state index is 13.8. The molecule has 3 N–H and O–H groups in total. The van der Waals surface area contributed by atoms with Crippen LogP contribution >= 0.6 is 0 Å². The van der Waals surface area contributed by atoms with E-state index < -0.39 is 11.8 Å². The third-order valence-electron chi connectivity index (χ3n) is 2.75. The van der Waals surface area contributed by atoms with Gasteiger partial charge in [0.15, 0.2) is 5.82 Å². The third kappa shape index (κ3) is 2.90. The van der Waals surface area contributed by atoms with Crippen molar-refractivity contribution in [2.75, 3.05) is 18.2 Å². The number of pyridine rings is 1. The Morgan fingerprint density at radius 3 is 2.86 bits per heavy atom. The summed E-state index contributed by atoms with van der Waals surface area (Å²) in [6.45, 7) is 0. The highest BCUT2D eigenvalue weighted by atomic mass is 19.1. The normalized spacial score (nSPS) is 9.76. The zero-order valence-corrected chi connectivity index (χ0v) is 11.1. The lowest BCUT2D eigenvalue weighted by Gasteiger charge is -2.11. The molecule has 21 heavy (non-hydrogen) atoms. The molecule has 0 aliphatic heterocycles. The number of aromatic nitrogens is 1. The number of halogens is 1. The van der Waals surface area contributed by atoms with Crippen LogP contribution in [0.5, 0.6) is 0 Å². The number of carbonyl (C=O) groups is 1. The zero-order valence-electron chi connectivity index (χ0n) is 11.1. The molecular formula is C14H11FN4O2. The van der Waals surface area contributed by atoms with Crippen molar-refractivity contribution in [3.8, 4) is 6.07 Å². The van der Waals surface area contributed by atoms with Gasteiger partial charge in [0, 0.05) is 6.20 Å². The fourth-order valence-electron chi connectivity index (χ4n) is 1.67. The van der Waals surface area contributed by atoms with Gasteiger partial charge in [-0.3, -0.25) is 0 Å². The molecule has 2 rings (SSSR count). The topological polar surface area (TPSA) is 101 Å². The minimum Gasteiger partial charge on any atom is -0.465 e. The Labute approximate surface area is 120 Å². The van der Waals surface area contributed by atoms with Crippen molar-refractivity contribution in [1.82, 2.24) is 4.98 Å². The number of ether oxygens (including phenoxy) is 1. The minimum atomic E-state index is -0.626. The van der Waals surface area contributed by atoms with Gasteiger partial charge in [-0.05, 0) is 24.3 Å². The van der Waals surface area contributed by atoms with Gasteiger partial charge in [0.25, 0.3) is 0 Å². The van der Waals surface area contributed by atoms with Crippen LogP contribution in [0.4, 0.5) is 21.6 Å². The van der Waals surface area contributed by atoms with E-state index in [2.05, 4.69) is 15.0 Å². The molecule has 0 saturated carbocycles. The minimum absolute atomic E-state index is 0.0492. The van der Waals surface area contributed by atoms with Crippen molar-refractivity contribution in [2.24, 2.45) is 0 Å². The van der Waals surface area contributed by atoms with Gasteiger partial charge in [0.2, 0.25) is 0 Å². The number of nitrogens with two attached hydrogens (primary N) is 1. The lowest BCUT2D eigenvalue weighted by atomic mass is 10.2. The van der Waals surface area contributed by atoms with Crippen molar-refractivity contribution in [3.05, 3.63) is 47.4 Å².